The summed E-state index contributed by atoms with van der Waals surface area (Å²) in [5, 5.41) is 0.628. The largest absolute Gasteiger partial charge is 0.494 e. The second kappa shape index (κ2) is 5.27. The molecule has 0 saturated heterocycles. The molecule has 0 bridgehead atoms. The highest BCUT2D eigenvalue weighted by Crippen LogP contribution is 2.30. The molecule has 0 spiro atoms. The standard InChI is InChI=1S/C14H14ClNO2/c1-9-6-11(10(2)18-9)8-16-13-7-12(15)4-5-14(13)17-3/h4-8H,1-3H3. The van der Waals surface area contributed by atoms with Crippen LogP contribution in [0.2, 0.25) is 5.02 Å². The molecule has 94 valence electrons. The fourth-order valence-corrected chi connectivity index (χ4v) is 1.85. The molecule has 0 unspecified atom stereocenters. The fourth-order valence-electron chi connectivity index (χ4n) is 1.68. The molecule has 0 radical (unpaired) electrons. The number of aryl methyl sites for hydroxylation is 2. The molecule has 1 aromatic carbocycles. The van der Waals surface area contributed by atoms with Gasteiger partial charge in [0.2, 0.25) is 0 Å². The van der Waals surface area contributed by atoms with E-state index in [9.17, 15) is 0 Å². The number of aliphatic imine (C=N–C) groups is 1. The van der Waals surface area contributed by atoms with Gasteiger partial charge in [-0.1, -0.05) is 11.6 Å². The summed E-state index contributed by atoms with van der Waals surface area (Å²) < 4.78 is 10.7. The van der Waals surface area contributed by atoms with Crippen LogP contribution >= 0.6 is 11.6 Å². The Labute approximate surface area is 111 Å². The second-order valence-corrected chi connectivity index (χ2v) is 4.38. The summed E-state index contributed by atoms with van der Waals surface area (Å²) in [5.74, 6) is 2.40. The quantitative estimate of drug-likeness (QED) is 0.774. The molecule has 0 aliphatic carbocycles. The molecule has 0 aliphatic rings. The van der Waals surface area contributed by atoms with Crippen molar-refractivity contribution >= 4 is 23.5 Å². The van der Waals surface area contributed by atoms with E-state index in [1.54, 1.807) is 31.5 Å². The average Bonchev–Trinajstić information content (AvgIpc) is 2.65. The minimum absolute atomic E-state index is 0.628. The SMILES string of the molecule is COc1ccc(Cl)cc1N=Cc1cc(C)oc1C. The van der Waals surface area contributed by atoms with Gasteiger partial charge in [-0.25, -0.2) is 0 Å². The Balaban J connectivity index is 2.33. The van der Waals surface area contributed by atoms with Crippen LogP contribution in [0.3, 0.4) is 0 Å². The Morgan fingerprint density at radius 1 is 1.28 bits per heavy atom. The maximum atomic E-state index is 5.94. The van der Waals surface area contributed by atoms with Gasteiger partial charge in [0.15, 0.2) is 0 Å². The highest BCUT2D eigenvalue weighted by molar-refractivity contribution is 6.30. The molecule has 0 fully saturated rings. The number of furan rings is 1. The number of halogens is 1. The van der Waals surface area contributed by atoms with Gasteiger partial charge in [0, 0.05) is 16.8 Å². The van der Waals surface area contributed by atoms with Gasteiger partial charge in [-0.05, 0) is 38.1 Å². The van der Waals surface area contributed by atoms with Crippen molar-refractivity contribution in [2.24, 2.45) is 4.99 Å². The summed E-state index contributed by atoms with van der Waals surface area (Å²) in [7, 11) is 1.61. The molecule has 2 rings (SSSR count). The highest BCUT2D eigenvalue weighted by Gasteiger charge is 2.04. The molecule has 3 nitrogen and oxygen atoms in total. The summed E-state index contributed by atoms with van der Waals surface area (Å²) in [4.78, 5) is 4.39. The molecule has 0 aliphatic heterocycles. The smallest absolute Gasteiger partial charge is 0.144 e. The topological polar surface area (TPSA) is 34.7 Å². The molecule has 0 saturated carbocycles. The molecule has 4 heteroatoms. The van der Waals surface area contributed by atoms with Gasteiger partial charge in [-0.2, -0.15) is 0 Å². The number of benzene rings is 1. The molecular formula is C14H14ClNO2. The van der Waals surface area contributed by atoms with E-state index in [2.05, 4.69) is 4.99 Å². The number of methoxy groups -OCH3 is 1. The molecule has 0 amide bonds. The van der Waals surface area contributed by atoms with Crippen LogP contribution in [0.1, 0.15) is 17.1 Å². The van der Waals surface area contributed by atoms with Crippen molar-refractivity contribution in [3.63, 3.8) is 0 Å². The van der Waals surface area contributed by atoms with Crippen LogP contribution in [0.5, 0.6) is 5.75 Å². The van der Waals surface area contributed by atoms with E-state index >= 15 is 0 Å². The minimum atomic E-state index is 0.628. The van der Waals surface area contributed by atoms with Crippen molar-refractivity contribution in [3.05, 3.63) is 46.4 Å². The van der Waals surface area contributed by atoms with E-state index in [4.69, 9.17) is 20.8 Å². The first-order valence-corrected chi connectivity index (χ1v) is 5.92. The zero-order valence-electron chi connectivity index (χ0n) is 10.5. The van der Waals surface area contributed by atoms with Crippen LogP contribution in [0.15, 0.2) is 33.7 Å². The van der Waals surface area contributed by atoms with Crippen LogP contribution in [0.4, 0.5) is 5.69 Å². The van der Waals surface area contributed by atoms with Gasteiger partial charge in [-0.15, -0.1) is 0 Å². The summed E-state index contributed by atoms with van der Waals surface area (Å²) >= 11 is 5.94. The Morgan fingerprint density at radius 3 is 2.67 bits per heavy atom. The predicted octanol–water partition coefficient (Wildman–Crippen LogP) is 4.31. The predicted molar refractivity (Wildman–Crippen MR) is 73.4 cm³/mol. The van der Waals surface area contributed by atoms with Crippen molar-refractivity contribution in [3.8, 4) is 5.75 Å². The van der Waals surface area contributed by atoms with E-state index in [0.717, 1.165) is 17.1 Å². The third-order valence-electron chi connectivity index (χ3n) is 2.56. The zero-order valence-corrected chi connectivity index (χ0v) is 11.3. The van der Waals surface area contributed by atoms with Crippen molar-refractivity contribution in [1.29, 1.82) is 0 Å². The third kappa shape index (κ3) is 2.74. The zero-order chi connectivity index (χ0) is 13.1. The molecule has 1 aromatic heterocycles. The summed E-state index contributed by atoms with van der Waals surface area (Å²) in [5.41, 5.74) is 1.65. The molecular weight excluding hydrogens is 250 g/mol. The summed E-state index contributed by atoms with van der Waals surface area (Å²) in [6, 6.07) is 7.27. The number of hydrogen-bond acceptors (Lipinski definition) is 3. The van der Waals surface area contributed by atoms with Gasteiger partial charge < -0.3 is 9.15 Å². The van der Waals surface area contributed by atoms with Gasteiger partial charge >= 0.3 is 0 Å². The van der Waals surface area contributed by atoms with Crippen LogP contribution < -0.4 is 4.74 Å². The van der Waals surface area contributed by atoms with Gasteiger partial charge in [0.25, 0.3) is 0 Å². The first-order valence-electron chi connectivity index (χ1n) is 5.55. The van der Waals surface area contributed by atoms with Crippen LogP contribution in [0, 0.1) is 13.8 Å². The third-order valence-corrected chi connectivity index (χ3v) is 2.80. The lowest BCUT2D eigenvalue weighted by Crippen LogP contribution is -1.84. The van der Waals surface area contributed by atoms with Crippen molar-refractivity contribution in [2.75, 3.05) is 7.11 Å². The maximum absolute atomic E-state index is 5.94. The fraction of sp³-hybridized carbons (Fsp3) is 0.214. The number of ether oxygens (including phenoxy) is 1. The van der Waals surface area contributed by atoms with Crippen LogP contribution in [-0.4, -0.2) is 13.3 Å². The number of rotatable bonds is 3. The van der Waals surface area contributed by atoms with E-state index in [-0.39, 0.29) is 0 Å². The average molecular weight is 264 g/mol. The Hall–Kier alpha value is -1.74. The molecule has 18 heavy (non-hydrogen) atoms. The van der Waals surface area contributed by atoms with Crippen LogP contribution in [0.25, 0.3) is 0 Å². The molecule has 0 atom stereocenters. The van der Waals surface area contributed by atoms with Crippen molar-refractivity contribution in [2.45, 2.75) is 13.8 Å². The Bertz CT molecular complexity index is 587. The van der Waals surface area contributed by atoms with E-state index in [1.807, 2.05) is 19.9 Å². The second-order valence-electron chi connectivity index (χ2n) is 3.94. The molecule has 0 N–H and O–H groups in total. The van der Waals surface area contributed by atoms with Crippen molar-refractivity contribution in [1.82, 2.24) is 0 Å². The normalized spacial score (nSPS) is 11.1. The lowest BCUT2D eigenvalue weighted by Gasteiger charge is -2.03. The minimum Gasteiger partial charge on any atom is -0.494 e. The van der Waals surface area contributed by atoms with Gasteiger partial charge in [-0.3, -0.25) is 4.99 Å². The first kappa shape index (κ1) is 12.7. The molecule has 1 heterocycles. The van der Waals surface area contributed by atoms with E-state index < -0.39 is 0 Å². The van der Waals surface area contributed by atoms with E-state index in [1.165, 1.54) is 0 Å². The van der Waals surface area contributed by atoms with Crippen LogP contribution in [-0.2, 0) is 0 Å². The van der Waals surface area contributed by atoms with Gasteiger partial charge in [0.05, 0.1) is 7.11 Å². The first-order chi connectivity index (χ1) is 8.60. The summed E-state index contributed by atoms with van der Waals surface area (Å²) in [6.07, 6.45) is 1.75. The molecule has 2 aromatic rings. The lowest BCUT2D eigenvalue weighted by molar-refractivity contribution is 0.416. The monoisotopic (exact) mass is 263 g/mol. The number of nitrogens with zero attached hydrogens (tertiary/aromatic N) is 1. The Kier molecular flexibility index (Phi) is 3.72. The summed E-state index contributed by atoms with van der Waals surface area (Å²) in [6.45, 7) is 3.81. The lowest BCUT2D eigenvalue weighted by atomic mass is 10.2. The maximum Gasteiger partial charge on any atom is 0.144 e. The Morgan fingerprint density at radius 2 is 2.06 bits per heavy atom. The van der Waals surface area contributed by atoms with Crippen molar-refractivity contribution < 1.29 is 9.15 Å². The van der Waals surface area contributed by atoms with E-state index in [0.29, 0.717) is 16.5 Å². The number of hydrogen-bond donors (Lipinski definition) is 0. The highest BCUT2D eigenvalue weighted by atomic mass is 35.5. The van der Waals surface area contributed by atoms with Gasteiger partial charge in [0.1, 0.15) is 23.0 Å².